The number of aromatic nitrogens is 2. The van der Waals surface area contributed by atoms with Crippen molar-refractivity contribution in [3.63, 3.8) is 0 Å². The quantitative estimate of drug-likeness (QED) is 0.270. The van der Waals surface area contributed by atoms with E-state index in [1.807, 2.05) is 47.4 Å². The second kappa shape index (κ2) is 12.0. The smallest absolute Gasteiger partial charge is 0.191 e. The molecule has 7 heteroatoms. The van der Waals surface area contributed by atoms with Gasteiger partial charge in [-0.1, -0.05) is 48.0 Å². The largest absolute Gasteiger partial charge is 0.373 e. The van der Waals surface area contributed by atoms with Gasteiger partial charge in [0.1, 0.15) is 0 Å². The van der Waals surface area contributed by atoms with Crippen LogP contribution >= 0.6 is 24.0 Å². The molecule has 1 saturated heterocycles. The van der Waals surface area contributed by atoms with Gasteiger partial charge in [-0.05, 0) is 37.5 Å². The Hall–Kier alpha value is -2.39. The first kappa shape index (κ1) is 24.3. The first-order valence-corrected chi connectivity index (χ1v) is 10.9. The minimum atomic E-state index is 0. The van der Waals surface area contributed by atoms with Gasteiger partial charge < -0.3 is 15.4 Å². The van der Waals surface area contributed by atoms with Crippen molar-refractivity contribution in [2.24, 2.45) is 10.9 Å². The van der Waals surface area contributed by atoms with E-state index in [-0.39, 0.29) is 30.1 Å². The van der Waals surface area contributed by atoms with Crippen LogP contribution in [0.3, 0.4) is 0 Å². The van der Waals surface area contributed by atoms with Crippen LogP contribution in [0.15, 0.2) is 72.0 Å². The SMILES string of the molecule is CN=C(NCc1cnn(-c2ccccc2)c1)NCC1CCCOC1c1ccc(C)cc1.I. The number of guanidine groups is 1. The number of aryl methyl sites for hydroxylation is 1. The standard InChI is InChI=1S/C25H31N5O.HI/c1-19-10-12-21(13-11-19)24-22(7-6-14-31-24)17-28-25(26-2)27-15-20-16-29-30(18-20)23-8-4-3-5-9-23;/h3-5,8-13,16,18,22,24H,6-7,14-15,17H2,1-2H3,(H2,26,27,28);1H. The lowest BCUT2D eigenvalue weighted by Crippen LogP contribution is -2.41. The van der Waals surface area contributed by atoms with E-state index in [1.165, 1.54) is 11.1 Å². The molecule has 2 atom stereocenters. The van der Waals surface area contributed by atoms with Crippen molar-refractivity contribution in [1.29, 1.82) is 0 Å². The summed E-state index contributed by atoms with van der Waals surface area (Å²) in [4.78, 5) is 4.39. The fourth-order valence-electron chi connectivity index (χ4n) is 3.98. The van der Waals surface area contributed by atoms with Crippen LogP contribution in [0.5, 0.6) is 0 Å². The predicted molar refractivity (Wildman–Crippen MR) is 140 cm³/mol. The van der Waals surface area contributed by atoms with Crippen LogP contribution < -0.4 is 10.6 Å². The van der Waals surface area contributed by atoms with E-state index in [0.717, 1.165) is 43.2 Å². The number of benzene rings is 2. The Kier molecular flexibility index (Phi) is 9.11. The van der Waals surface area contributed by atoms with Gasteiger partial charge in [0.25, 0.3) is 0 Å². The van der Waals surface area contributed by atoms with Crippen LogP contribution in [-0.2, 0) is 11.3 Å². The van der Waals surface area contributed by atoms with Crippen LogP contribution in [0.4, 0.5) is 0 Å². The zero-order valence-corrected chi connectivity index (χ0v) is 21.0. The van der Waals surface area contributed by atoms with Gasteiger partial charge in [-0.15, -0.1) is 24.0 Å². The van der Waals surface area contributed by atoms with Crippen LogP contribution in [-0.4, -0.2) is 35.9 Å². The molecular formula is C25H32IN5O. The second-order valence-electron chi connectivity index (χ2n) is 8.04. The van der Waals surface area contributed by atoms with Crippen molar-refractivity contribution in [2.75, 3.05) is 20.2 Å². The van der Waals surface area contributed by atoms with Gasteiger partial charge in [-0.25, -0.2) is 4.68 Å². The number of ether oxygens (including phenoxy) is 1. The molecule has 0 saturated carbocycles. The fraction of sp³-hybridized carbons (Fsp3) is 0.360. The molecule has 170 valence electrons. The number of nitrogens with one attached hydrogen (secondary N) is 2. The number of nitrogens with zero attached hydrogens (tertiary/aromatic N) is 3. The molecular weight excluding hydrogens is 513 g/mol. The van der Waals surface area contributed by atoms with Gasteiger partial charge in [0.2, 0.25) is 0 Å². The monoisotopic (exact) mass is 545 g/mol. The predicted octanol–water partition coefficient (Wildman–Crippen LogP) is 4.63. The van der Waals surface area contributed by atoms with Crippen LogP contribution in [0.25, 0.3) is 5.69 Å². The van der Waals surface area contributed by atoms with E-state index in [0.29, 0.717) is 12.5 Å². The lowest BCUT2D eigenvalue weighted by atomic mass is 9.89. The number of rotatable bonds is 6. The molecule has 32 heavy (non-hydrogen) atoms. The highest BCUT2D eigenvalue weighted by molar-refractivity contribution is 14.0. The summed E-state index contributed by atoms with van der Waals surface area (Å²) in [7, 11) is 1.80. The minimum absolute atomic E-state index is 0. The summed E-state index contributed by atoms with van der Waals surface area (Å²) in [6.45, 7) is 4.42. The summed E-state index contributed by atoms with van der Waals surface area (Å²) in [6, 6.07) is 18.8. The number of halogens is 1. The molecule has 1 aromatic heterocycles. The number of hydrogen-bond donors (Lipinski definition) is 2. The minimum Gasteiger partial charge on any atom is -0.373 e. The summed E-state index contributed by atoms with van der Waals surface area (Å²) < 4.78 is 8.03. The van der Waals surface area contributed by atoms with Gasteiger partial charge in [0, 0.05) is 44.4 Å². The molecule has 0 bridgehead atoms. The highest BCUT2D eigenvalue weighted by Crippen LogP contribution is 2.33. The zero-order valence-electron chi connectivity index (χ0n) is 18.7. The molecule has 2 aromatic carbocycles. The molecule has 1 aliphatic rings. The second-order valence-corrected chi connectivity index (χ2v) is 8.04. The maximum Gasteiger partial charge on any atom is 0.191 e. The molecule has 4 rings (SSSR count). The third-order valence-electron chi connectivity index (χ3n) is 5.72. The summed E-state index contributed by atoms with van der Waals surface area (Å²) in [6.07, 6.45) is 6.29. The topological polar surface area (TPSA) is 63.5 Å². The summed E-state index contributed by atoms with van der Waals surface area (Å²) in [5.74, 6) is 1.21. The van der Waals surface area contributed by atoms with Crippen molar-refractivity contribution in [3.05, 3.63) is 83.7 Å². The molecule has 2 heterocycles. The van der Waals surface area contributed by atoms with Crippen LogP contribution in [0, 0.1) is 12.8 Å². The molecule has 0 amide bonds. The summed E-state index contributed by atoms with van der Waals surface area (Å²) in [5.41, 5.74) is 4.68. The van der Waals surface area contributed by atoms with Crippen molar-refractivity contribution in [1.82, 2.24) is 20.4 Å². The van der Waals surface area contributed by atoms with Crippen LogP contribution in [0.2, 0.25) is 0 Å². The molecule has 3 aromatic rings. The highest BCUT2D eigenvalue weighted by atomic mass is 127. The van der Waals surface area contributed by atoms with Gasteiger partial charge in [0.05, 0.1) is 18.0 Å². The van der Waals surface area contributed by atoms with Gasteiger partial charge in [0.15, 0.2) is 5.96 Å². The van der Waals surface area contributed by atoms with Gasteiger partial charge in [-0.2, -0.15) is 5.10 Å². The average Bonchev–Trinajstić information content (AvgIpc) is 3.30. The Bertz CT molecular complexity index is 987. The molecule has 1 fully saturated rings. The van der Waals surface area contributed by atoms with E-state index < -0.39 is 0 Å². The highest BCUT2D eigenvalue weighted by Gasteiger charge is 2.27. The van der Waals surface area contributed by atoms with Crippen molar-refractivity contribution < 1.29 is 4.74 Å². The zero-order chi connectivity index (χ0) is 21.5. The van der Waals surface area contributed by atoms with Crippen molar-refractivity contribution in [2.45, 2.75) is 32.4 Å². The van der Waals surface area contributed by atoms with E-state index >= 15 is 0 Å². The lowest BCUT2D eigenvalue weighted by molar-refractivity contribution is -0.0265. The summed E-state index contributed by atoms with van der Waals surface area (Å²) >= 11 is 0. The van der Waals surface area contributed by atoms with Crippen LogP contribution in [0.1, 0.15) is 35.6 Å². The Morgan fingerprint density at radius 3 is 2.66 bits per heavy atom. The maximum absolute atomic E-state index is 6.15. The first-order valence-electron chi connectivity index (χ1n) is 10.9. The molecule has 2 unspecified atom stereocenters. The van der Waals surface area contributed by atoms with E-state index in [4.69, 9.17) is 4.74 Å². The van der Waals surface area contributed by atoms with Gasteiger partial charge in [-0.3, -0.25) is 4.99 Å². The van der Waals surface area contributed by atoms with Gasteiger partial charge >= 0.3 is 0 Å². The number of hydrogen-bond acceptors (Lipinski definition) is 3. The molecule has 0 aliphatic carbocycles. The number of para-hydroxylation sites is 1. The van der Waals surface area contributed by atoms with E-state index in [2.05, 4.69) is 51.9 Å². The normalized spacial score (nSPS) is 18.6. The van der Waals surface area contributed by atoms with Crippen molar-refractivity contribution >= 4 is 29.9 Å². The van der Waals surface area contributed by atoms with E-state index in [9.17, 15) is 0 Å². The molecule has 0 spiro atoms. The molecule has 0 radical (unpaired) electrons. The Morgan fingerprint density at radius 2 is 1.91 bits per heavy atom. The Labute approximate surface area is 207 Å². The third-order valence-corrected chi connectivity index (χ3v) is 5.72. The average molecular weight is 545 g/mol. The Balaban J connectivity index is 0.00000289. The first-order chi connectivity index (χ1) is 15.2. The molecule has 1 aliphatic heterocycles. The third kappa shape index (κ3) is 6.32. The summed E-state index contributed by atoms with van der Waals surface area (Å²) in [5, 5.41) is 11.3. The molecule has 2 N–H and O–H groups in total. The van der Waals surface area contributed by atoms with Crippen molar-refractivity contribution in [3.8, 4) is 5.69 Å². The number of aliphatic imine (C=N–C) groups is 1. The Morgan fingerprint density at radius 1 is 1.12 bits per heavy atom. The lowest BCUT2D eigenvalue weighted by Gasteiger charge is -2.32. The maximum atomic E-state index is 6.15. The van der Waals surface area contributed by atoms with E-state index in [1.54, 1.807) is 7.05 Å². The molecule has 6 nitrogen and oxygen atoms in total. The fourth-order valence-corrected chi connectivity index (χ4v) is 3.98.